The molecule has 2 aromatic rings. The molecule has 1 saturated heterocycles. The van der Waals surface area contributed by atoms with Gasteiger partial charge in [0.05, 0.1) is 6.54 Å². The molecule has 1 aliphatic heterocycles. The molecule has 0 atom stereocenters. The average Bonchev–Trinajstić information content (AvgIpc) is 2.78. The number of carbonyl (C=O) groups is 2. The first kappa shape index (κ1) is 23.6. The van der Waals surface area contributed by atoms with Gasteiger partial charge in [0.25, 0.3) is 0 Å². The highest BCUT2D eigenvalue weighted by atomic mass is 16.6. The SMILES string of the molecule is CC(C)(C)OC(=O)NCC1CCN(C(=O)CN(Cc2cccnc2)c2ccccc2)CC1. The molecule has 0 radical (unpaired) electrons. The van der Waals surface area contributed by atoms with Crippen LogP contribution in [0.5, 0.6) is 0 Å². The molecule has 0 saturated carbocycles. The summed E-state index contributed by atoms with van der Waals surface area (Å²) < 4.78 is 5.30. The van der Waals surface area contributed by atoms with Crippen LogP contribution in [0.4, 0.5) is 10.5 Å². The van der Waals surface area contributed by atoms with E-state index in [-0.39, 0.29) is 12.0 Å². The fourth-order valence-electron chi connectivity index (χ4n) is 3.78. The summed E-state index contributed by atoms with van der Waals surface area (Å²) in [6.45, 7) is 8.48. The van der Waals surface area contributed by atoms with Crippen molar-refractivity contribution in [3.05, 3.63) is 60.4 Å². The van der Waals surface area contributed by atoms with Gasteiger partial charge in [0.2, 0.25) is 5.91 Å². The number of rotatable bonds is 7. The Bertz CT molecular complexity index is 860. The number of para-hydroxylation sites is 1. The molecule has 7 nitrogen and oxygen atoms in total. The van der Waals surface area contributed by atoms with Crippen molar-refractivity contribution in [1.82, 2.24) is 15.2 Å². The predicted octanol–water partition coefficient (Wildman–Crippen LogP) is 3.85. The van der Waals surface area contributed by atoms with Gasteiger partial charge in [0.1, 0.15) is 5.60 Å². The van der Waals surface area contributed by atoms with E-state index in [9.17, 15) is 9.59 Å². The van der Waals surface area contributed by atoms with Crippen molar-refractivity contribution < 1.29 is 14.3 Å². The molecule has 0 bridgehead atoms. The van der Waals surface area contributed by atoms with Crippen LogP contribution in [0.15, 0.2) is 54.9 Å². The fraction of sp³-hybridized carbons (Fsp3) is 0.480. The Balaban J connectivity index is 1.51. The Hall–Kier alpha value is -3.09. The molecule has 3 rings (SSSR count). The number of aromatic nitrogens is 1. The van der Waals surface area contributed by atoms with E-state index in [0.717, 1.165) is 24.1 Å². The van der Waals surface area contributed by atoms with Crippen LogP contribution in [0.1, 0.15) is 39.2 Å². The predicted molar refractivity (Wildman–Crippen MR) is 125 cm³/mol. The van der Waals surface area contributed by atoms with E-state index in [0.29, 0.717) is 38.6 Å². The van der Waals surface area contributed by atoms with Crippen LogP contribution in [-0.4, -0.2) is 53.7 Å². The number of benzene rings is 1. The lowest BCUT2D eigenvalue weighted by atomic mass is 9.97. The monoisotopic (exact) mass is 438 g/mol. The molecule has 2 heterocycles. The van der Waals surface area contributed by atoms with Crippen LogP contribution >= 0.6 is 0 Å². The van der Waals surface area contributed by atoms with Gasteiger partial charge in [-0.05, 0) is 63.3 Å². The molecule has 0 spiro atoms. The van der Waals surface area contributed by atoms with Crippen molar-refractivity contribution >= 4 is 17.7 Å². The maximum Gasteiger partial charge on any atom is 0.407 e. The second kappa shape index (κ2) is 11.0. The van der Waals surface area contributed by atoms with Crippen molar-refractivity contribution in [3.63, 3.8) is 0 Å². The van der Waals surface area contributed by atoms with Gasteiger partial charge in [-0.15, -0.1) is 0 Å². The molecular formula is C25H34N4O3. The number of hydrogen-bond donors (Lipinski definition) is 1. The minimum absolute atomic E-state index is 0.122. The largest absolute Gasteiger partial charge is 0.444 e. The smallest absolute Gasteiger partial charge is 0.407 e. The third-order valence-corrected chi connectivity index (χ3v) is 5.44. The second-order valence-electron chi connectivity index (χ2n) is 9.26. The standard InChI is InChI=1S/C25H34N4O3/c1-25(2,3)32-24(31)27-17-20-11-14-28(15-12-20)23(30)19-29(22-9-5-4-6-10-22)18-21-8-7-13-26-16-21/h4-10,13,16,20H,11-12,14-15,17-19H2,1-3H3,(H,27,31). The van der Waals surface area contributed by atoms with Crippen LogP contribution in [0.3, 0.4) is 0 Å². The van der Waals surface area contributed by atoms with Gasteiger partial charge in [-0.3, -0.25) is 9.78 Å². The summed E-state index contributed by atoms with van der Waals surface area (Å²) >= 11 is 0. The minimum Gasteiger partial charge on any atom is -0.444 e. The van der Waals surface area contributed by atoms with E-state index < -0.39 is 5.60 Å². The molecule has 0 aliphatic carbocycles. The summed E-state index contributed by atoms with van der Waals surface area (Å²) in [7, 11) is 0. The molecule has 1 aromatic heterocycles. The van der Waals surface area contributed by atoms with E-state index >= 15 is 0 Å². The number of anilines is 1. The van der Waals surface area contributed by atoms with Gasteiger partial charge in [-0.2, -0.15) is 0 Å². The number of pyridine rings is 1. The first-order valence-electron chi connectivity index (χ1n) is 11.2. The van der Waals surface area contributed by atoms with Crippen molar-refractivity contribution in [2.24, 2.45) is 5.92 Å². The van der Waals surface area contributed by atoms with Crippen LogP contribution in [0.2, 0.25) is 0 Å². The van der Waals surface area contributed by atoms with Crippen molar-refractivity contribution in [2.45, 2.75) is 45.8 Å². The number of hydrogen-bond acceptors (Lipinski definition) is 5. The maximum atomic E-state index is 13.1. The minimum atomic E-state index is -0.500. The Labute approximate surface area is 190 Å². The summed E-state index contributed by atoms with van der Waals surface area (Å²) in [6, 6.07) is 13.9. The molecule has 1 aliphatic rings. The van der Waals surface area contributed by atoms with Crippen LogP contribution in [-0.2, 0) is 16.1 Å². The summed E-state index contributed by atoms with van der Waals surface area (Å²) in [5.74, 6) is 0.475. The Morgan fingerprint density at radius 1 is 1.12 bits per heavy atom. The Morgan fingerprint density at radius 2 is 1.84 bits per heavy atom. The van der Waals surface area contributed by atoms with Gasteiger partial charge in [0, 0.05) is 44.3 Å². The zero-order valence-electron chi connectivity index (χ0n) is 19.3. The van der Waals surface area contributed by atoms with Gasteiger partial charge >= 0.3 is 6.09 Å². The van der Waals surface area contributed by atoms with Gasteiger partial charge < -0.3 is 19.9 Å². The van der Waals surface area contributed by atoms with Crippen molar-refractivity contribution in [1.29, 1.82) is 0 Å². The molecule has 2 amide bonds. The molecule has 172 valence electrons. The van der Waals surface area contributed by atoms with Crippen LogP contribution < -0.4 is 10.2 Å². The maximum absolute atomic E-state index is 13.1. The number of amides is 2. The second-order valence-corrected chi connectivity index (χ2v) is 9.26. The van der Waals surface area contributed by atoms with Crippen LogP contribution in [0.25, 0.3) is 0 Å². The first-order chi connectivity index (χ1) is 15.3. The molecular weight excluding hydrogens is 404 g/mol. The number of ether oxygens (including phenoxy) is 1. The van der Waals surface area contributed by atoms with E-state index in [4.69, 9.17) is 4.74 Å². The molecule has 1 N–H and O–H groups in total. The van der Waals surface area contributed by atoms with E-state index in [1.165, 1.54) is 0 Å². The van der Waals surface area contributed by atoms with Crippen molar-refractivity contribution in [2.75, 3.05) is 31.1 Å². The zero-order valence-corrected chi connectivity index (χ0v) is 19.3. The third kappa shape index (κ3) is 7.55. The molecule has 32 heavy (non-hydrogen) atoms. The lowest BCUT2D eigenvalue weighted by Crippen LogP contribution is -2.46. The van der Waals surface area contributed by atoms with Crippen LogP contribution in [0, 0.1) is 5.92 Å². The summed E-state index contributed by atoms with van der Waals surface area (Å²) in [5, 5.41) is 2.86. The summed E-state index contributed by atoms with van der Waals surface area (Å²) in [5.41, 5.74) is 1.58. The Morgan fingerprint density at radius 3 is 2.47 bits per heavy atom. The average molecular weight is 439 g/mol. The topological polar surface area (TPSA) is 74.8 Å². The highest BCUT2D eigenvalue weighted by Crippen LogP contribution is 2.20. The third-order valence-electron chi connectivity index (χ3n) is 5.44. The lowest BCUT2D eigenvalue weighted by molar-refractivity contribution is -0.131. The molecule has 1 aromatic carbocycles. The van der Waals surface area contributed by atoms with E-state index in [1.54, 1.807) is 6.20 Å². The van der Waals surface area contributed by atoms with Gasteiger partial charge in [0.15, 0.2) is 0 Å². The number of alkyl carbamates (subject to hydrolysis) is 1. The zero-order chi connectivity index (χ0) is 23.0. The highest BCUT2D eigenvalue weighted by Gasteiger charge is 2.25. The van der Waals surface area contributed by atoms with Crippen molar-refractivity contribution in [3.8, 4) is 0 Å². The number of carbonyl (C=O) groups excluding carboxylic acids is 2. The summed E-state index contributed by atoms with van der Waals surface area (Å²) in [6.07, 6.45) is 4.95. The molecule has 1 fully saturated rings. The number of nitrogens with one attached hydrogen (secondary N) is 1. The molecule has 0 unspecified atom stereocenters. The number of piperidine rings is 1. The number of likely N-dealkylation sites (tertiary alicyclic amines) is 1. The quantitative estimate of drug-likeness (QED) is 0.711. The highest BCUT2D eigenvalue weighted by molar-refractivity contribution is 5.81. The lowest BCUT2D eigenvalue weighted by Gasteiger charge is -2.34. The van der Waals surface area contributed by atoms with Gasteiger partial charge in [-0.25, -0.2) is 4.79 Å². The Kier molecular flexibility index (Phi) is 8.09. The normalized spacial score (nSPS) is 14.7. The first-order valence-corrected chi connectivity index (χ1v) is 11.2. The fourth-order valence-corrected chi connectivity index (χ4v) is 3.78. The van der Waals surface area contributed by atoms with Gasteiger partial charge in [-0.1, -0.05) is 24.3 Å². The van der Waals surface area contributed by atoms with E-state index in [2.05, 4.69) is 15.2 Å². The summed E-state index contributed by atoms with van der Waals surface area (Å²) in [4.78, 5) is 33.2. The number of nitrogens with zero attached hydrogens (tertiary/aromatic N) is 3. The van der Waals surface area contributed by atoms with E-state index in [1.807, 2.05) is 74.3 Å². The molecule has 7 heteroatoms.